The minimum absolute atomic E-state index is 0.0983. The highest BCUT2D eigenvalue weighted by Gasteiger charge is 1.87. The number of hydrogen-bond acceptors (Lipinski definition) is 1. The van der Waals surface area contributed by atoms with E-state index in [9.17, 15) is 4.79 Å². The number of benzene rings is 1. The Morgan fingerprint density at radius 1 is 1.67 bits per heavy atom. The van der Waals surface area contributed by atoms with E-state index in [-0.39, 0.29) is 5.91 Å². The van der Waals surface area contributed by atoms with Crippen LogP contribution in [0.5, 0.6) is 0 Å². The number of carbonyl (C=O) groups is 1. The first-order chi connectivity index (χ1) is 5.83. The van der Waals surface area contributed by atoms with Crippen LogP contribution in [-0.4, -0.2) is 13.0 Å². The molecule has 61 valence electrons. The molecule has 0 fully saturated rings. The second-order valence-electron chi connectivity index (χ2n) is 2.28. The van der Waals surface area contributed by atoms with Gasteiger partial charge in [-0.15, -0.1) is 0 Å². The largest absolute Gasteiger partial charge is 0.356 e. The van der Waals surface area contributed by atoms with Crippen LogP contribution in [0.3, 0.4) is 0 Å². The van der Waals surface area contributed by atoms with Gasteiger partial charge in [0.05, 0.1) is 0 Å². The summed E-state index contributed by atoms with van der Waals surface area (Å²) in [6, 6.07) is 10.3. The van der Waals surface area contributed by atoms with Gasteiger partial charge < -0.3 is 5.32 Å². The average molecular weight is 160 g/mol. The minimum atomic E-state index is -0.0983. The maximum atomic E-state index is 10.8. The van der Waals surface area contributed by atoms with Gasteiger partial charge in [0.1, 0.15) is 0 Å². The third-order valence-electron chi connectivity index (χ3n) is 1.40. The molecule has 0 bridgehead atoms. The molecular formula is C10H10NO. The normalized spacial score (nSPS) is 10.1. The van der Waals surface area contributed by atoms with Crippen LogP contribution in [-0.2, 0) is 4.79 Å². The molecule has 12 heavy (non-hydrogen) atoms. The minimum Gasteiger partial charge on any atom is -0.356 e. The molecule has 0 spiro atoms. The van der Waals surface area contributed by atoms with Gasteiger partial charge in [0.15, 0.2) is 0 Å². The van der Waals surface area contributed by atoms with E-state index in [4.69, 9.17) is 0 Å². The second-order valence-corrected chi connectivity index (χ2v) is 2.28. The summed E-state index contributed by atoms with van der Waals surface area (Å²) in [6.45, 7) is 0. The van der Waals surface area contributed by atoms with Crippen LogP contribution < -0.4 is 5.32 Å². The Hall–Kier alpha value is -1.57. The van der Waals surface area contributed by atoms with E-state index < -0.39 is 0 Å². The predicted molar refractivity (Wildman–Crippen MR) is 48.4 cm³/mol. The van der Waals surface area contributed by atoms with Gasteiger partial charge in [-0.05, 0) is 23.8 Å². The first-order valence-corrected chi connectivity index (χ1v) is 3.69. The summed E-state index contributed by atoms with van der Waals surface area (Å²) in [4.78, 5) is 10.8. The van der Waals surface area contributed by atoms with Gasteiger partial charge in [-0.2, -0.15) is 0 Å². The summed E-state index contributed by atoms with van der Waals surface area (Å²) in [7, 11) is 1.60. The summed E-state index contributed by atoms with van der Waals surface area (Å²) in [5.41, 5.74) is 0.973. The lowest BCUT2D eigenvalue weighted by Crippen LogP contribution is -2.13. The van der Waals surface area contributed by atoms with Crippen molar-refractivity contribution >= 4 is 12.0 Å². The van der Waals surface area contributed by atoms with E-state index in [0.29, 0.717) is 0 Å². The Labute approximate surface area is 71.9 Å². The molecule has 0 atom stereocenters. The maximum Gasteiger partial charge on any atom is 0.243 e. The lowest BCUT2D eigenvalue weighted by Gasteiger charge is -1.90. The third-order valence-corrected chi connectivity index (χ3v) is 1.40. The van der Waals surface area contributed by atoms with Crippen LogP contribution in [0.2, 0.25) is 0 Å². The summed E-state index contributed by atoms with van der Waals surface area (Å²) >= 11 is 0. The SMILES string of the molecule is CNC(=O)C=Cc1c[c]ccc1. The first-order valence-electron chi connectivity index (χ1n) is 3.69. The van der Waals surface area contributed by atoms with Gasteiger partial charge in [0, 0.05) is 13.1 Å². The highest BCUT2D eigenvalue weighted by Crippen LogP contribution is 1.99. The van der Waals surface area contributed by atoms with Crippen LogP contribution in [0.25, 0.3) is 6.08 Å². The smallest absolute Gasteiger partial charge is 0.243 e. The Morgan fingerprint density at radius 3 is 3.08 bits per heavy atom. The van der Waals surface area contributed by atoms with Gasteiger partial charge in [0.25, 0.3) is 0 Å². The van der Waals surface area contributed by atoms with Crippen LogP contribution >= 0.6 is 0 Å². The number of hydrogen-bond donors (Lipinski definition) is 1. The molecule has 1 radical (unpaired) electrons. The average Bonchev–Trinajstić information content (AvgIpc) is 2.16. The van der Waals surface area contributed by atoms with Crippen molar-refractivity contribution < 1.29 is 4.79 Å². The van der Waals surface area contributed by atoms with Crippen LogP contribution in [0.4, 0.5) is 0 Å². The molecule has 1 aromatic carbocycles. The molecule has 0 unspecified atom stereocenters. The van der Waals surface area contributed by atoms with Crippen molar-refractivity contribution in [1.29, 1.82) is 0 Å². The molecule has 1 rings (SSSR count). The van der Waals surface area contributed by atoms with Crippen molar-refractivity contribution in [1.82, 2.24) is 5.32 Å². The van der Waals surface area contributed by atoms with Crippen molar-refractivity contribution in [3.63, 3.8) is 0 Å². The van der Waals surface area contributed by atoms with E-state index in [2.05, 4.69) is 11.4 Å². The van der Waals surface area contributed by atoms with Crippen LogP contribution in [0.1, 0.15) is 5.56 Å². The van der Waals surface area contributed by atoms with Crippen molar-refractivity contribution in [3.8, 4) is 0 Å². The number of amides is 1. The summed E-state index contributed by atoms with van der Waals surface area (Å²) in [6.07, 6.45) is 3.23. The monoisotopic (exact) mass is 160 g/mol. The van der Waals surface area contributed by atoms with E-state index in [1.54, 1.807) is 13.1 Å². The Morgan fingerprint density at radius 2 is 2.50 bits per heavy atom. The van der Waals surface area contributed by atoms with Crippen LogP contribution in [0.15, 0.2) is 30.3 Å². The molecule has 2 heteroatoms. The molecule has 0 saturated heterocycles. The highest BCUT2D eigenvalue weighted by atomic mass is 16.1. The van der Waals surface area contributed by atoms with Gasteiger partial charge in [-0.25, -0.2) is 0 Å². The number of nitrogens with one attached hydrogen (secondary N) is 1. The first kappa shape index (κ1) is 8.53. The molecule has 0 aromatic heterocycles. The number of carbonyl (C=O) groups excluding carboxylic acids is 1. The lowest BCUT2D eigenvalue weighted by molar-refractivity contribution is -0.115. The van der Waals surface area contributed by atoms with E-state index in [1.165, 1.54) is 6.08 Å². The van der Waals surface area contributed by atoms with Gasteiger partial charge in [-0.3, -0.25) is 4.79 Å². The molecule has 2 nitrogen and oxygen atoms in total. The maximum absolute atomic E-state index is 10.8. The van der Waals surface area contributed by atoms with E-state index in [0.717, 1.165) is 5.56 Å². The van der Waals surface area contributed by atoms with Crippen molar-refractivity contribution in [2.24, 2.45) is 0 Å². The van der Waals surface area contributed by atoms with Crippen molar-refractivity contribution in [3.05, 3.63) is 42.0 Å². The summed E-state index contributed by atoms with van der Waals surface area (Å²) in [5.74, 6) is -0.0983. The van der Waals surface area contributed by atoms with Crippen molar-refractivity contribution in [2.75, 3.05) is 7.05 Å². The standard InChI is InChI=1S/C10H10NO/c1-11-10(12)8-7-9-5-3-2-4-6-9/h2-3,5-8H,1H3,(H,11,12). The van der Waals surface area contributed by atoms with Crippen molar-refractivity contribution in [2.45, 2.75) is 0 Å². The Bertz CT molecular complexity index is 277. The fourth-order valence-electron chi connectivity index (χ4n) is 0.766. The third kappa shape index (κ3) is 2.58. The van der Waals surface area contributed by atoms with Crippen LogP contribution in [0, 0.1) is 6.07 Å². The zero-order valence-corrected chi connectivity index (χ0v) is 6.87. The zero-order chi connectivity index (χ0) is 8.81. The predicted octanol–water partition coefficient (Wildman–Crippen LogP) is 1.25. The number of rotatable bonds is 2. The Kier molecular flexibility index (Phi) is 3.08. The van der Waals surface area contributed by atoms with E-state index >= 15 is 0 Å². The lowest BCUT2D eigenvalue weighted by atomic mass is 10.2. The Balaban J connectivity index is 2.64. The molecule has 0 aliphatic heterocycles. The molecule has 1 aromatic rings. The van der Waals surface area contributed by atoms with E-state index in [1.807, 2.05) is 24.3 Å². The topological polar surface area (TPSA) is 29.1 Å². The zero-order valence-electron chi connectivity index (χ0n) is 6.87. The van der Waals surface area contributed by atoms with Gasteiger partial charge in [-0.1, -0.05) is 18.2 Å². The molecule has 0 saturated carbocycles. The van der Waals surface area contributed by atoms with Gasteiger partial charge in [0.2, 0.25) is 5.91 Å². The fourth-order valence-corrected chi connectivity index (χ4v) is 0.766. The summed E-state index contributed by atoms with van der Waals surface area (Å²) in [5, 5.41) is 2.50. The highest BCUT2D eigenvalue weighted by molar-refractivity contribution is 5.91. The summed E-state index contributed by atoms with van der Waals surface area (Å²) < 4.78 is 0. The molecular weight excluding hydrogens is 150 g/mol. The molecule has 1 N–H and O–H groups in total. The fraction of sp³-hybridized carbons (Fsp3) is 0.100. The number of likely N-dealkylation sites (N-methyl/N-ethyl adjacent to an activating group) is 1. The molecule has 1 amide bonds. The molecule has 0 aliphatic carbocycles. The quantitative estimate of drug-likeness (QED) is 0.648. The second kappa shape index (κ2) is 4.34. The molecule has 0 aliphatic rings. The van der Waals surface area contributed by atoms with Gasteiger partial charge >= 0.3 is 0 Å². The molecule has 0 heterocycles.